The first kappa shape index (κ1) is 15.9. The molecule has 0 saturated heterocycles. The maximum absolute atomic E-state index is 12.4. The maximum Gasteiger partial charge on any atom is 0.261 e. The summed E-state index contributed by atoms with van der Waals surface area (Å²) in [6.45, 7) is 1.99. The molecule has 0 aliphatic rings. The Kier molecular flexibility index (Phi) is 4.58. The molecule has 1 N–H and O–H groups in total. The molecular weight excluding hydrogens is 352 g/mol. The van der Waals surface area contributed by atoms with Crippen LogP contribution in [0.25, 0.3) is 0 Å². The van der Waals surface area contributed by atoms with E-state index in [9.17, 15) is 8.42 Å². The Morgan fingerprint density at radius 1 is 1.10 bits per heavy atom. The third-order valence-electron chi connectivity index (χ3n) is 3.05. The van der Waals surface area contributed by atoms with Gasteiger partial charge in [-0.1, -0.05) is 28.1 Å². The van der Waals surface area contributed by atoms with Gasteiger partial charge < -0.3 is 4.90 Å². The van der Waals surface area contributed by atoms with E-state index in [1.165, 1.54) is 0 Å². The molecule has 2 aromatic rings. The van der Waals surface area contributed by atoms with E-state index in [4.69, 9.17) is 0 Å². The first-order valence-corrected chi connectivity index (χ1v) is 8.63. The van der Waals surface area contributed by atoms with Crippen molar-refractivity contribution < 1.29 is 8.42 Å². The first-order chi connectivity index (χ1) is 9.79. The van der Waals surface area contributed by atoms with Gasteiger partial charge in [0.05, 0.1) is 10.6 Å². The topological polar surface area (TPSA) is 49.4 Å². The van der Waals surface area contributed by atoms with Crippen molar-refractivity contribution in [2.75, 3.05) is 23.7 Å². The summed E-state index contributed by atoms with van der Waals surface area (Å²) in [5.74, 6) is 0. The minimum Gasteiger partial charge on any atom is -0.377 e. The number of benzene rings is 2. The summed E-state index contributed by atoms with van der Waals surface area (Å²) < 4.78 is 28.1. The van der Waals surface area contributed by atoms with Crippen molar-refractivity contribution in [1.29, 1.82) is 0 Å². The molecular formula is C15H17BrN2O2S. The van der Waals surface area contributed by atoms with E-state index < -0.39 is 10.0 Å². The fraction of sp³-hybridized carbons (Fsp3) is 0.200. The molecule has 2 aromatic carbocycles. The van der Waals surface area contributed by atoms with Crippen LogP contribution >= 0.6 is 15.9 Å². The maximum atomic E-state index is 12.4. The van der Waals surface area contributed by atoms with Crippen molar-refractivity contribution in [1.82, 2.24) is 0 Å². The lowest BCUT2D eigenvalue weighted by atomic mass is 10.2. The predicted molar refractivity (Wildman–Crippen MR) is 90.5 cm³/mol. The molecule has 0 bridgehead atoms. The van der Waals surface area contributed by atoms with E-state index in [0.717, 1.165) is 15.7 Å². The number of nitrogens with zero attached hydrogens (tertiary/aromatic N) is 1. The van der Waals surface area contributed by atoms with E-state index in [1.54, 1.807) is 30.3 Å². The fourth-order valence-corrected chi connectivity index (χ4v) is 3.65. The number of rotatable bonds is 4. The summed E-state index contributed by atoms with van der Waals surface area (Å²) in [5.41, 5.74) is 2.61. The molecule has 0 unspecified atom stereocenters. The Hall–Kier alpha value is -1.53. The molecule has 112 valence electrons. The highest BCUT2D eigenvalue weighted by atomic mass is 79.9. The quantitative estimate of drug-likeness (QED) is 0.896. The van der Waals surface area contributed by atoms with Crippen LogP contribution in [0, 0.1) is 6.92 Å². The smallest absolute Gasteiger partial charge is 0.261 e. The van der Waals surface area contributed by atoms with Gasteiger partial charge in [-0.25, -0.2) is 8.42 Å². The third kappa shape index (κ3) is 3.77. The second-order valence-corrected chi connectivity index (χ2v) is 7.56. The Bertz CT molecular complexity index is 758. The van der Waals surface area contributed by atoms with Gasteiger partial charge >= 0.3 is 0 Å². The molecule has 0 atom stereocenters. The van der Waals surface area contributed by atoms with Gasteiger partial charge in [0.15, 0.2) is 0 Å². The minimum atomic E-state index is -3.59. The van der Waals surface area contributed by atoms with Gasteiger partial charge in [-0.3, -0.25) is 4.72 Å². The Labute approximate surface area is 134 Å². The molecule has 0 fully saturated rings. The number of aryl methyl sites for hydroxylation is 1. The van der Waals surface area contributed by atoms with Gasteiger partial charge in [0.25, 0.3) is 10.0 Å². The van der Waals surface area contributed by atoms with Gasteiger partial charge in [-0.15, -0.1) is 0 Å². The number of sulfonamides is 1. The van der Waals surface area contributed by atoms with Gasteiger partial charge in [0.1, 0.15) is 0 Å². The van der Waals surface area contributed by atoms with Crippen LogP contribution < -0.4 is 9.62 Å². The summed E-state index contributed by atoms with van der Waals surface area (Å²) in [7, 11) is 0.261. The average Bonchev–Trinajstić information content (AvgIpc) is 2.40. The molecule has 21 heavy (non-hydrogen) atoms. The van der Waals surface area contributed by atoms with Crippen LogP contribution in [-0.4, -0.2) is 22.5 Å². The Balaban J connectivity index is 2.35. The lowest BCUT2D eigenvalue weighted by molar-refractivity contribution is 0.601. The van der Waals surface area contributed by atoms with Crippen LogP contribution in [0.1, 0.15) is 5.56 Å². The summed E-state index contributed by atoms with van der Waals surface area (Å²) in [6.07, 6.45) is 0. The van der Waals surface area contributed by atoms with Crippen molar-refractivity contribution in [3.05, 3.63) is 52.5 Å². The lowest BCUT2D eigenvalue weighted by Gasteiger charge is -2.17. The van der Waals surface area contributed by atoms with Gasteiger partial charge in [0.2, 0.25) is 0 Å². The van der Waals surface area contributed by atoms with Crippen LogP contribution in [0.2, 0.25) is 0 Å². The Morgan fingerprint density at radius 2 is 1.81 bits per heavy atom. The molecule has 2 rings (SSSR count). The first-order valence-electron chi connectivity index (χ1n) is 6.36. The monoisotopic (exact) mass is 368 g/mol. The highest BCUT2D eigenvalue weighted by Gasteiger charge is 2.15. The van der Waals surface area contributed by atoms with E-state index >= 15 is 0 Å². The minimum absolute atomic E-state index is 0.226. The van der Waals surface area contributed by atoms with Gasteiger partial charge in [0, 0.05) is 24.3 Å². The van der Waals surface area contributed by atoms with Gasteiger partial charge in [-0.2, -0.15) is 0 Å². The zero-order chi connectivity index (χ0) is 15.6. The van der Waals surface area contributed by atoms with Crippen LogP contribution in [0.5, 0.6) is 0 Å². The number of nitrogens with one attached hydrogen (secondary N) is 1. The second kappa shape index (κ2) is 6.07. The molecule has 4 nitrogen and oxygen atoms in total. The zero-order valence-electron chi connectivity index (χ0n) is 12.1. The van der Waals surface area contributed by atoms with Crippen LogP contribution in [-0.2, 0) is 10.0 Å². The predicted octanol–water partition coefficient (Wildman–Crippen LogP) is 3.62. The summed E-state index contributed by atoms with van der Waals surface area (Å²) in [5, 5.41) is 0. The molecule has 6 heteroatoms. The van der Waals surface area contributed by atoms with Crippen molar-refractivity contribution in [3.63, 3.8) is 0 Å². The van der Waals surface area contributed by atoms with Crippen molar-refractivity contribution in [2.24, 2.45) is 0 Å². The average molecular weight is 369 g/mol. The normalized spacial score (nSPS) is 11.2. The zero-order valence-corrected chi connectivity index (χ0v) is 14.5. The third-order valence-corrected chi connectivity index (χ3v) is 4.92. The van der Waals surface area contributed by atoms with E-state index in [1.807, 2.05) is 38.1 Å². The molecule has 0 aliphatic carbocycles. The highest BCUT2D eigenvalue weighted by Crippen LogP contribution is 2.25. The number of hydrogen-bond donors (Lipinski definition) is 1. The molecule has 0 saturated carbocycles. The molecule has 0 spiro atoms. The summed E-state index contributed by atoms with van der Waals surface area (Å²) in [6, 6.07) is 12.1. The summed E-state index contributed by atoms with van der Waals surface area (Å²) >= 11 is 3.28. The second-order valence-electron chi connectivity index (χ2n) is 4.96. The number of hydrogen-bond acceptors (Lipinski definition) is 3. The highest BCUT2D eigenvalue weighted by molar-refractivity contribution is 9.10. The van der Waals surface area contributed by atoms with Crippen molar-refractivity contribution in [3.8, 4) is 0 Å². The van der Waals surface area contributed by atoms with Gasteiger partial charge in [-0.05, 0) is 42.8 Å². The molecule has 0 aromatic heterocycles. The van der Waals surface area contributed by atoms with Crippen molar-refractivity contribution >= 4 is 37.3 Å². The van der Waals surface area contributed by atoms with E-state index in [0.29, 0.717) is 5.69 Å². The Morgan fingerprint density at radius 3 is 2.43 bits per heavy atom. The van der Waals surface area contributed by atoms with Crippen molar-refractivity contribution in [2.45, 2.75) is 11.8 Å². The summed E-state index contributed by atoms with van der Waals surface area (Å²) in [4.78, 5) is 2.18. The van der Waals surface area contributed by atoms with Crippen LogP contribution in [0.3, 0.4) is 0 Å². The van der Waals surface area contributed by atoms with Crippen LogP contribution in [0.4, 0.5) is 11.4 Å². The largest absolute Gasteiger partial charge is 0.377 e. The SMILES string of the molecule is Cc1ccc(NS(=O)(=O)c2cccc(Br)c2)cc1N(C)C. The van der Waals surface area contributed by atoms with E-state index in [2.05, 4.69) is 20.7 Å². The molecule has 0 heterocycles. The lowest BCUT2D eigenvalue weighted by Crippen LogP contribution is -2.15. The standard InChI is InChI=1S/C15H17BrN2O2S/c1-11-7-8-13(10-15(11)18(2)3)17-21(19,20)14-6-4-5-12(16)9-14/h4-10,17H,1-3H3. The van der Waals surface area contributed by atoms with Crippen LogP contribution in [0.15, 0.2) is 51.8 Å². The molecule has 0 amide bonds. The fourth-order valence-electron chi connectivity index (χ4n) is 2.00. The van der Waals surface area contributed by atoms with E-state index in [-0.39, 0.29) is 4.90 Å². The number of halogens is 1. The molecule has 0 aliphatic heterocycles. The number of anilines is 2. The molecule has 0 radical (unpaired) electrons.